The molecule has 0 aromatic heterocycles. The van der Waals surface area contributed by atoms with E-state index in [1.807, 2.05) is 6.92 Å². The Kier molecular flexibility index (Phi) is 5.38. The second-order valence-electron chi connectivity index (χ2n) is 5.65. The van der Waals surface area contributed by atoms with Gasteiger partial charge < -0.3 is 9.84 Å². The van der Waals surface area contributed by atoms with Crippen molar-refractivity contribution in [1.29, 1.82) is 0 Å². The highest BCUT2D eigenvalue weighted by atomic mass is 16.5. The lowest BCUT2D eigenvalue weighted by atomic mass is 9.83. The first kappa shape index (κ1) is 15.3. The predicted molar refractivity (Wildman–Crippen MR) is 83.7 cm³/mol. The van der Waals surface area contributed by atoms with Crippen molar-refractivity contribution in [1.82, 2.24) is 0 Å². The molecular formula is C18H26O2. The first-order valence-electron chi connectivity index (χ1n) is 7.76. The third kappa shape index (κ3) is 3.50. The molecule has 0 radical (unpaired) electrons. The number of benzene rings is 1. The van der Waals surface area contributed by atoms with Crippen LogP contribution < -0.4 is 0 Å². The van der Waals surface area contributed by atoms with Crippen LogP contribution in [0.4, 0.5) is 0 Å². The molecule has 2 heteroatoms. The molecule has 0 aliphatic heterocycles. The van der Waals surface area contributed by atoms with Crippen LogP contribution in [0.25, 0.3) is 5.57 Å². The van der Waals surface area contributed by atoms with Gasteiger partial charge in [-0.25, -0.2) is 0 Å². The van der Waals surface area contributed by atoms with Gasteiger partial charge in [0.1, 0.15) is 0 Å². The van der Waals surface area contributed by atoms with Gasteiger partial charge in [-0.05, 0) is 49.3 Å². The Morgan fingerprint density at radius 2 is 1.95 bits per heavy atom. The van der Waals surface area contributed by atoms with Crippen molar-refractivity contribution in [3.05, 3.63) is 41.5 Å². The quantitative estimate of drug-likeness (QED) is 0.850. The fraction of sp³-hybridized carbons (Fsp3) is 0.556. The molecule has 1 atom stereocenters. The van der Waals surface area contributed by atoms with E-state index in [0.29, 0.717) is 6.61 Å². The van der Waals surface area contributed by atoms with Crippen molar-refractivity contribution in [2.45, 2.75) is 51.6 Å². The Balaban J connectivity index is 2.07. The fourth-order valence-electron chi connectivity index (χ4n) is 2.94. The van der Waals surface area contributed by atoms with E-state index in [1.165, 1.54) is 23.1 Å². The average molecular weight is 274 g/mol. The van der Waals surface area contributed by atoms with Crippen LogP contribution in [0.3, 0.4) is 0 Å². The Hall–Kier alpha value is -1.12. The van der Waals surface area contributed by atoms with E-state index in [-0.39, 0.29) is 12.2 Å². The molecule has 0 saturated carbocycles. The second-order valence-corrected chi connectivity index (χ2v) is 5.65. The monoisotopic (exact) mass is 274 g/mol. The van der Waals surface area contributed by atoms with Crippen LogP contribution >= 0.6 is 0 Å². The SMILES string of the molecule is CCCc1ccc(C2=CCC(CO)(OCC)CC2)cc1. The second kappa shape index (κ2) is 7.05. The number of ether oxygens (including phenoxy) is 1. The minimum Gasteiger partial charge on any atom is -0.393 e. The largest absolute Gasteiger partial charge is 0.393 e. The standard InChI is InChI=1S/C18H26O2/c1-3-5-15-6-8-16(9-7-15)17-10-12-18(14-19,13-11-17)20-4-2/h6-10,19H,3-5,11-14H2,1-2H3. The third-order valence-electron chi connectivity index (χ3n) is 4.17. The third-order valence-corrected chi connectivity index (χ3v) is 4.17. The zero-order chi connectivity index (χ0) is 14.4. The van der Waals surface area contributed by atoms with Crippen molar-refractivity contribution >= 4 is 5.57 Å². The lowest BCUT2D eigenvalue weighted by molar-refractivity contribution is -0.0789. The molecule has 0 spiro atoms. The molecule has 1 aliphatic rings. The van der Waals surface area contributed by atoms with Gasteiger partial charge in [0.2, 0.25) is 0 Å². The number of allylic oxidation sites excluding steroid dienone is 1. The Morgan fingerprint density at radius 1 is 1.20 bits per heavy atom. The number of aryl methyl sites for hydroxylation is 1. The topological polar surface area (TPSA) is 29.5 Å². The fourth-order valence-corrected chi connectivity index (χ4v) is 2.94. The molecule has 2 nitrogen and oxygen atoms in total. The molecule has 0 fully saturated rings. The molecule has 1 aliphatic carbocycles. The molecule has 110 valence electrons. The normalized spacial score (nSPS) is 22.6. The zero-order valence-electron chi connectivity index (χ0n) is 12.7. The van der Waals surface area contributed by atoms with Crippen LogP contribution in [0, 0.1) is 0 Å². The number of hydrogen-bond acceptors (Lipinski definition) is 2. The van der Waals surface area contributed by atoms with Crippen LogP contribution in [0.1, 0.15) is 50.7 Å². The Labute approximate surface area is 122 Å². The first-order chi connectivity index (χ1) is 9.73. The summed E-state index contributed by atoms with van der Waals surface area (Å²) in [5.74, 6) is 0. The summed E-state index contributed by atoms with van der Waals surface area (Å²) < 4.78 is 5.76. The number of hydrogen-bond donors (Lipinski definition) is 1. The average Bonchev–Trinajstić information content (AvgIpc) is 2.50. The molecule has 2 rings (SSSR count). The van der Waals surface area contributed by atoms with Crippen molar-refractivity contribution in [3.63, 3.8) is 0 Å². The molecule has 1 N–H and O–H groups in total. The van der Waals surface area contributed by atoms with Crippen LogP contribution in [0.5, 0.6) is 0 Å². The Morgan fingerprint density at radius 3 is 2.45 bits per heavy atom. The molecule has 1 unspecified atom stereocenters. The maximum atomic E-state index is 9.57. The van der Waals surface area contributed by atoms with Crippen molar-refractivity contribution in [2.24, 2.45) is 0 Å². The van der Waals surface area contributed by atoms with Crippen LogP contribution in [-0.2, 0) is 11.2 Å². The van der Waals surface area contributed by atoms with E-state index in [9.17, 15) is 5.11 Å². The molecule has 1 aromatic carbocycles. The minimum absolute atomic E-state index is 0.111. The molecule has 1 aromatic rings. The first-order valence-corrected chi connectivity index (χ1v) is 7.76. The van der Waals surface area contributed by atoms with Crippen molar-refractivity contribution in [2.75, 3.05) is 13.2 Å². The van der Waals surface area contributed by atoms with Crippen molar-refractivity contribution < 1.29 is 9.84 Å². The predicted octanol–water partition coefficient (Wildman–Crippen LogP) is 3.97. The summed E-state index contributed by atoms with van der Waals surface area (Å²) in [7, 11) is 0. The molecule has 0 bridgehead atoms. The molecule has 0 amide bonds. The zero-order valence-corrected chi connectivity index (χ0v) is 12.7. The van der Waals surface area contributed by atoms with Gasteiger partial charge in [0.25, 0.3) is 0 Å². The summed E-state index contributed by atoms with van der Waals surface area (Å²) in [6.07, 6.45) is 7.27. The summed E-state index contributed by atoms with van der Waals surface area (Å²) in [5.41, 5.74) is 3.76. The molecule has 0 saturated heterocycles. The van der Waals surface area contributed by atoms with Crippen LogP contribution in [0.15, 0.2) is 30.3 Å². The summed E-state index contributed by atoms with van der Waals surface area (Å²) in [6.45, 7) is 4.97. The lowest BCUT2D eigenvalue weighted by Crippen LogP contribution is -2.38. The minimum atomic E-state index is -0.347. The van der Waals surface area contributed by atoms with E-state index in [2.05, 4.69) is 37.3 Å². The lowest BCUT2D eigenvalue weighted by Gasteiger charge is -2.34. The van der Waals surface area contributed by atoms with Crippen LogP contribution in [0.2, 0.25) is 0 Å². The van der Waals surface area contributed by atoms with Gasteiger partial charge in [0, 0.05) is 6.61 Å². The van der Waals surface area contributed by atoms with Gasteiger partial charge in [0.15, 0.2) is 0 Å². The van der Waals surface area contributed by atoms with E-state index in [4.69, 9.17) is 4.74 Å². The molecule has 0 heterocycles. The van der Waals surface area contributed by atoms with Gasteiger partial charge in [-0.3, -0.25) is 0 Å². The van der Waals surface area contributed by atoms with Crippen LogP contribution in [-0.4, -0.2) is 23.9 Å². The summed E-state index contributed by atoms with van der Waals surface area (Å²) in [4.78, 5) is 0. The van der Waals surface area contributed by atoms with Gasteiger partial charge in [-0.2, -0.15) is 0 Å². The van der Waals surface area contributed by atoms with E-state index >= 15 is 0 Å². The summed E-state index contributed by atoms with van der Waals surface area (Å²) in [6, 6.07) is 8.92. The number of aliphatic hydroxyl groups excluding tert-OH is 1. The number of aliphatic hydroxyl groups is 1. The maximum absolute atomic E-state index is 9.57. The number of rotatable bonds is 6. The summed E-state index contributed by atoms with van der Waals surface area (Å²) >= 11 is 0. The highest BCUT2D eigenvalue weighted by Gasteiger charge is 2.32. The molecule has 20 heavy (non-hydrogen) atoms. The van der Waals surface area contributed by atoms with Gasteiger partial charge >= 0.3 is 0 Å². The smallest absolute Gasteiger partial charge is 0.0949 e. The van der Waals surface area contributed by atoms with Gasteiger partial charge in [-0.15, -0.1) is 0 Å². The van der Waals surface area contributed by atoms with E-state index in [1.54, 1.807) is 0 Å². The Bertz CT molecular complexity index is 447. The highest BCUT2D eigenvalue weighted by molar-refractivity contribution is 5.66. The maximum Gasteiger partial charge on any atom is 0.0949 e. The highest BCUT2D eigenvalue weighted by Crippen LogP contribution is 2.35. The van der Waals surface area contributed by atoms with Gasteiger partial charge in [0.05, 0.1) is 12.2 Å². The van der Waals surface area contributed by atoms with Gasteiger partial charge in [-0.1, -0.05) is 43.7 Å². The van der Waals surface area contributed by atoms with Crippen molar-refractivity contribution in [3.8, 4) is 0 Å². The molecular weight excluding hydrogens is 248 g/mol. The summed E-state index contributed by atoms with van der Waals surface area (Å²) in [5, 5.41) is 9.57. The van der Waals surface area contributed by atoms with E-state index < -0.39 is 0 Å². The van der Waals surface area contributed by atoms with E-state index in [0.717, 1.165) is 25.7 Å².